The molecule has 6 heteroatoms. The monoisotopic (exact) mass is 323 g/mol. The zero-order valence-electron chi connectivity index (χ0n) is 13.5. The van der Waals surface area contributed by atoms with Gasteiger partial charge < -0.3 is 10.1 Å². The summed E-state index contributed by atoms with van der Waals surface area (Å²) < 4.78 is 5.56. The minimum absolute atomic E-state index is 0.0584. The van der Waals surface area contributed by atoms with Gasteiger partial charge in [-0.15, -0.1) is 0 Å². The first-order valence-corrected chi connectivity index (χ1v) is 7.97. The molecule has 1 rings (SSSR count). The molecule has 0 aliphatic heterocycles. The second-order valence-corrected chi connectivity index (χ2v) is 5.55. The second kappa shape index (κ2) is 10.00. The molecule has 0 unspecified atom stereocenters. The fraction of sp³-hybridized carbons (Fsp3) is 0.500. The van der Waals surface area contributed by atoms with E-state index in [1.54, 1.807) is 0 Å². The Bertz CT molecular complexity index is 486. The Morgan fingerprint density at radius 2 is 1.86 bits per heavy atom. The number of para-hydroxylation sites is 1. The van der Waals surface area contributed by atoms with Crippen LogP contribution in [0.3, 0.4) is 0 Å². The van der Waals surface area contributed by atoms with Crippen molar-refractivity contribution in [2.24, 2.45) is 0 Å². The second-order valence-electron chi connectivity index (χ2n) is 5.15. The SMILES string of the molecule is CCCCCNC(=S)NNC(=O)COc1c(C)cccc1C. The highest BCUT2D eigenvalue weighted by Gasteiger charge is 2.07. The highest BCUT2D eigenvalue weighted by Crippen LogP contribution is 2.21. The molecule has 0 radical (unpaired) electrons. The van der Waals surface area contributed by atoms with Crippen LogP contribution in [-0.4, -0.2) is 24.2 Å². The van der Waals surface area contributed by atoms with Crippen LogP contribution in [0.1, 0.15) is 37.3 Å². The van der Waals surface area contributed by atoms with Crippen LogP contribution in [0.5, 0.6) is 5.75 Å². The maximum atomic E-state index is 11.7. The van der Waals surface area contributed by atoms with Crippen molar-refractivity contribution < 1.29 is 9.53 Å². The number of aryl methyl sites for hydroxylation is 2. The van der Waals surface area contributed by atoms with Gasteiger partial charge in [0.1, 0.15) is 5.75 Å². The molecule has 5 nitrogen and oxygen atoms in total. The number of carbonyl (C=O) groups is 1. The predicted octanol–water partition coefficient (Wildman–Crippen LogP) is 2.37. The number of benzene rings is 1. The number of amides is 1. The van der Waals surface area contributed by atoms with E-state index >= 15 is 0 Å². The molecule has 0 atom stereocenters. The summed E-state index contributed by atoms with van der Waals surface area (Å²) in [6, 6.07) is 5.86. The van der Waals surface area contributed by atoms with Crippen LogP contribution in [-0.2, 0) is 4.79 Å². The highest BCUT2D eigenvalue weighted by atomic mass is 32.1. The van der Waals surface area contributed by atoms with Gasteiger partial charge in [0, 0.05) is 6.54 Å². The molecular formula is C16H25N3O2S. The van der Waals surface area contributed by atoms with E-state index in [2.05, 4.69) is 23.1 Å². The summed E-state index contributed by atoms with van der Waals surface area (Å²) >= 11 is 5.06. The zero-order chi connectivity index (χ0) is 16.4. The molecule has 0 heterocycles. The van der Waals surface area contributed by atoms with Gasteiger partial charge in [-0.25, -0.2) is 0 Å². The summed E-state index contributed by atoms with van der Waals surface area (Å²) in [5.74, 6) is 0.471. The van der Waals surface area contributed by atoms with Crippen LogP contribution in [0.2, 0.25) is 0 Å². The van der Waals surface area contributed by atoms with Crippen molar-refractivity contribution in [3.8, 4) is 5.75 Å². The van der Waals surface area contributed by atoms with Crippen LogP contribution in [0.4, 0.5) is 0 Å². The first-order chi connectivity index (χ1) is 10.5. The lowest BCUT2D eigenvalue weighted by Crippen LogP contribution is -2.48. The third-order valence-corrected chi connectivity index (χ3v) is 3.38. The average Bonchev–Trinajstić information content (AvgIpc) is 2.49. The number of unbranched alkanes of at least 4 members (excludes halogenated alkanes) is 2. The average molecular weight is 323 g/mol. The van der Waals surface area contributed by atoms with Gasteiger partial charge in [-0.05, 0) is 43.6 Å². The molecule has 1 aromatic carbocycles. The predicted molar refractivity (Wildman–Crippen MR) is 92.8 cm³/mol. The smallest absolute Gasteiger partial charge is 0.276 e. The topological polar surface area (TPSA) is 62.4 Å². The largest absolute Gasteiger partial charge is 0.483 e. The summed E-state index contributed by atoms with van der Waals surface area (Å²) in [5, 5.41) is 3.44. The van der Waals surface area contributed by atoms with E-state index in [1.807, 2.05) is 32.0 Å². The van der Waals surface area contributed by atoms with Crippen LogP contribution >= 0.6 is 12.2 Å². The fourth-order valence-electron chi connectivity index (χ4n) is 1.95. The Morgan fingerprint density at radius 3 is 2.50 bits per heavy atom. The summed E-state index contributed by atoms with van der Waals surface area (Å²) in [4.78, 5) is 11.7. The lowest BCUT2D eigenvalue weighted by atomic mass is 10.1. The number of nitrogens with one attached hydrogen (secondary N) is 3. The van der Waals surface area contributed by atoms with E-state index in [-0.39, 0.29) is 12.5 Å². The minimum atomic E-state index is -0.277. The minimum Gasteiger partial charge on any atom is -0.483 e. The van der Waals surface area contributed by atoms with Crippen LogP contribution < -0.4 is 20.9 Å². The number of hydrazine groups is 1. The molecule has 0 aliphatic rings. The summed E-state index contributed by atoms with van der Waals surface area (Å²) in [7, 11) is 0. The van der Waals surface area contributed by atoms with Gasteiger partial charge >= 0.3 is 0 Å². The van der Waals surface area contributed by atoms with Gasteiger partial charge in [0.25, 0.3) is 5.91 Å². The molecule has 3 N–H and O–H groups in total. The van der Waals surface area contributed by atoms with E-state index < -0.39 is 0 Å². The zero-order valence-corrected chi connectivity index (χ0v) is 14.3. The number of hydrogen-bond acceptors (Lipinski definition) is 3. The van der Waals surface area contributed by atoms with E-state index in [4.69, 9.17) is 17.0 Å². The van der Waals surface area contributed by atoms with E-state index in [1.165, 1.54) is 0 Å². The summed E-state index contributed by atoms with van der Waals surface area (Å²) in [6.45, 7) is 6.79. The van der Waals surface area contributed by atoms with Gasteiger partial charge in [0.2, 0.25) is 0 Å². The first kappa shape index (κ1) is 18.2. The van der Waals surface area contributed by atoms with Crippen molar-refractivity contribution in [3.05, 3.63) is 29.3 Å². The molecule has 0 fully saturated rings. The molecule has 1 amide bonds. The molecule has 0 bridgehead atoms. The number of ether oxygens (including phenoxy) is 1. The number of hydrogen-bond donors (Lipinski definition) is 3. The molecule has 0 spiro atoms. The molecule has 0 saturated heterocycles. The van der Waals surface area contributed by atoms with Crippen molar-refractivity contribution in [2.45, 2.75) is 40.0 Å². The Balaban J connectivity index is 2.25. The van der Waals surface area contributed by atoms with Gasteiger partial charge in [-0.3, -0.25) is 15.6 Å². The van der Waals surface area contributed by atoms with Crippen LogP contribution in [0, 0.1) is 13.8 Å². The van der Waals surface area contributed by atoms with Crippen LogP contribution in [0.15, 0.2) is 18.2 Å². The molecule has 1 aromatic rings. The Morgan fingerprint density at radius 1 is 1.18 bits per heavy atom. The van der Waals surface area contributed by atoms with E-state index in [9.17, 15) is 4.79 Å². The lowest BCUT2D eigenvalue weighted by Gasteiger charge is -2.13. The Hall–Kier alpha value is -1.82. The third-order valence-electron chi connectivity index (χ3n) is 3.14. The quantitative estimate of drug-likeness (QED) is 0.408. The van der Waals surface area contributed by atoms with Crippen molar-refractivity contribution in [3.63, 3.8) is 0 Å². The van der Waals surface area contributed by atoms with E-state index in [0.717, 1.165) is 42.7 Å². The van der Waals surface area contributed by atoms with Crippen molar-refractivity contribution in [1.29, 1.82) is 0 Å². The molecule has 122 valence electrons. The van der Waals surface area contributed by atoms with Crippen LogP contribution in [0.25, 0.3) is 0 Å². The van der Waals surface area contributed by atoms with Crippen molar-refractivity contribution in [2.75, 3.05) is 13.2 Å². The standard InChI is InChI=1S/C16H25N3O2S/c1-4-5-6-10-17-16(22)19-18-14(20)11-21-15-12(2)8-7-9-13(15)3/h7-9H,4-6,10-11H2,1-3H3,(H,18,20)(H2,17,19,22). The normalized spacial score (nSPS) is 9.95. The fourth-order valence-corrected chi connectivity index (χ4v) is 2.10. The first-order valence-electron chi connectivity index (χ1n) is 7.56. The number of carbonyl (C=O) groups excluding carboxylic acids is 1. The van der Waals surface area contributed by atoms with Gasteiger partial charge in [-0.1, -0.05) is 38.0 Å². The molecular weight excluding hydrogens is 298 g/mol. The molecule has 0 saturated carbocycles. The highest BCUT2D eigenvalue weighted by molar-refractivity contribution is 7.80. The van der Waals surface area contributed by atoms with Crippen molar-refractivity contribution in [1.82, 2.24) is 16.2 Å². The maximum absolute atomic E-state index is 11.7. The van der Waals surface area contributed by atoms with Gasteiger partial charge in [0.05, 0.1) is 0 Å². The molecule has 22 heavy (non-hydrogen) atoms. The Labute approximate surface area is 137 Å². The summed E-state index contributed by atoms with van der Waals surface area (Å²) in [6.07, 6.45) is 3.38. The van der Waals surface area contributed by atoms with Crippen molar-refractivity contribution >= 4 is 23.2 Å². The Kier molecular flexibility index (Phi) is 8.28. The molecule has 0 aliphatic carbocycles. The number of thiocarbonyl (C=S) groups is 1. The maximum Gasteiger partial charge on any atom is 0.276 e. The van der Waals surface area contributed by atoms with Gasteiger partial charge in [-0.2, -0.15) is 0 Å². The third kappa shape index (κ3) is 6.76. The van der Waals surface area contributed by atoms with E-state index in [0.29, 0.717) is 5.11 Å². The van der Waals surface area contributed by atoms with Gasteiger partial charge in [0.15, 0.2) is 11.7 Å². The lowest BCUT2D eigenvalue weighted by molar-refractivity contribution is -0.123. The number of rotatable bonds is 7. The summed E-state index contributed by atoms with van der Waals surface area (Å²) in [5.41, 5.74) is 7.20. The molecule has 0 aromatic heterocycles.